The van der Waals surface area contributed by atoms with Gasteiger partial charge in [-0.1, -0.05) is 103 Å². The molecule has 0 N–H and O–H groups in total. The van der Waals surface area contributed by atoms with Gasteiger partial charge in [0.25, 0.3) is 0 Å². The van der Waals surface area contributed by atoms with Crippen LogP contribution < -0.4 is 34.6 Å². The van der Waals surface area contributed by atoms with Crippen molar-refractivity contribution in [1.29, 1.82) is 0 Å². The summed E-state index contributed by atoms with van der Waals surface area (Å²) in [5.41, 5.74) is 12.9. The van der Waals surface area contributed by atoms with Gasteiger partial charge in [-0.2, -0.15) is 0 Å². The summed E-state index contributed by atoms with van der Waals surface area (Å²) in [6.45, 7) is 27.1. The van der Waals surface area contributed by atoms with E-state index in [9.17, 15) is 0 Å². The average Bonchev–Trinajstić information content (AvgIpc) is 3.23. The molecule has 45 heavy (non-hydrogen) atoms. The number of anilines is 2. The second kappa shape index (κ2) is 22.1. The van der Waals surface area contributed by atoms with Gasteiger partial charge in [0.2, 0.25) is 0 Å². The molecule has 2 nitrogen and oxygen atoms in total. The SMILES string of the molecule is CC(C)P(C(C)C)C(C)C.CSc1ccccc1.Cc1cc(C)c(N2C=CN(c3c(C)cc(C)cc3C)C2S)c(C)c1.[Cl-].[Cl-].[Ru+6]. The van der Waals surface area contributed by atoms with Crippen molar-refractivity contribution in [2.45, 2.75) is 110 Å². The van der Waals surface area contributed by atoms with Crippen LogP contribution in [-0.2, 0) is 19.5 Å². The fourth-order valence-corrected chi connectivity index (χ4v) is 10.7. The van der Waals surface area contributed by atoms with E-state index in [1.165, 1.54) is 49.7 Å². The van der Waals surface area contributed by atoms with Gasteiger partial charge in [0.15, 0.2) is 5.50 Å². The summed E-state index contributed by atoms with van der Waals surface area (Å²) >= 11 is 6.70. The summed E-state index contributed by atoms with van der Waals surface area (Å²) in [5.74, 6) is 0. The molecule has 1 aliphatic heterocycles. The van der Waals surface area contributed by atoms with Gasteiger partial charge in [0.05, 0.1) is 0 Å². The van der Waals surface area contributed by atoms with E-state index in [0.717, 1.165) is 17.0 Å². The maximum atomic E-state index is 4.94. The van der Waals surface area contributed by atoms with Gasteiger partial charge in [0, 0.05) is 28.7 Å². The molecule has 0 bridgehead atoms. The largest absolute Gasteiger partial charge is 6.00 e. The fourth-order valence-electron chi connectivity index (χ4n) is 6.32. The smallest absolute Gasteiger partial charge is 1.00 e. The van der Waals surface area contributed by atoms with Crippen LogP contribution in [0, 0.1) is 41.5 Å². The first-order valence-corrected chi connectivity index (χ1v) is 18.4. The third kappa shape index (κ3) is 13.4. The Morgan fingerprint density at radius 1 is 0.622 bits per heavy atom. The van der Waals surface area contributed by atoms with Gasteiger partial charge in [-0.3, -0.25) is 0 Å². The zero-order valence-corrected chi connectivity index (χ0v) is 35.3. The average molecular weight is 795 g/mol. The van der Waals surface area contributed by atoms with Crippen LogP contribution in [0.4, 0.5) is 11.4 Å². The summed E-state index contributed by atoms with van der Waals surface area (Å²) in [7, 11) is 0.262. The second-order valence-corrected chi connectivity index (χ2v) is 17.5. The van der Waals surface area contributed by atoms with E-state index in [4.69, 9.17) is 12.6 Å². The Kier molecular flexibility index (Phi) is 22.8. The Bertz CT molecular complexity index is 1190. The van der Waals surface area contributed by atoms with Crippen LogP contribution >= 0.6 is 32.3 Å². The van der Waals surface area contributed by atoms with Crippen molar-refractivity contribution in [3.63, 3.8) is 0 Å². The van der Waals surface area contributed by atoms with E-state index >= 15 is 0 Å². The van der Waals surface area contributed by atoms with Crippen LogP contribution in [0.15, 0.2) is 71.9 Å². The van der Waals surface area contributed by atoms with Crippen molar-refractivity contribution in [3.05, 3.63) is 100 Å². The van der Waals surface area contributed by atoms with Crippen LogP contribution in [-0.4, -0.2) is 28.7 Å². The number of hydrogen-bond donors (Lipinski definition) is 1. The number of halogens is 2. The van der Waals surface area contributed by atoms with E-state index < -0.39 is 0 Å². The molecule has 3 aromatic rings. The molecule has 0 atom stereocenters. The van der Waals surface area contributed by atoms with E-state index in [1.807, 2.05) is 18.2 Å². The maximum absolute atomic E-state index is 4.94. The maximum Gasteiger partial charge on any atom is 6.00 e. The molecule has 1 aliphatic rings. The zero-order chi connectivity index (χ0) is 31.7. The molecule has 0 fully saturated rings. The second-order valence-electron chi connectivity index (χ2n) is 12.2. The monoisotopic (exact) mass is 794 g/mol. The topological polar surface area (TPSA) is 6.48 Å². The molecule has 0 aliphatic carbocycles. The van der Waals surface area contributed by atoms with Crippen molar-refractivity contribution in [2.24, 2.45) is 0 Å². The molecular formula is C37H55Cl2N2PRuS2+4. The molecule has 3 aromatic carbocycles. The van der Waals surface area contributed by atoms with E-state index in [2.05, 4.69) is 148 Å². The third-order valence-electron chi connectivity index (χ3n) is 7.44. The van der Waals surface area contributed by atoms with Gasteiger partial charge in [0.1, 0.15) is 0 Å². The van der Waals surface area contributed by atoms with Crippen molar-refractivity contribution < 1.29 is 44.3 Å². The predicted octanol–water partition coefficient (Wildman–Crippen LogP) is 5.66. The minimum absolute atomic E-state index is 0. The van der Waals surface area contributed by atoms with Gasteiger partial charge >= 0.3 is 19.5 Å². The van der Waals surface area contributed by atoms with E-state index in [0.29, 0.717) is 0 Å². The Labute approximate surface area is 312 Å². The fraction of sp³-hybridized carbons (Fsp3) is 0.459. The van der Waals surface area contributed by atoms with Crippen LogP contribution in [0.1, 0.15) is 74.9 Å². The Hall–Kier alpha value is -0.667. The molecule has 1 heterocycles. The van der Waals surface area contributed by atoms with Crippen molar-refractivity contribution >= 4 is 43.7 Å². The summed E-state index contributed by atoms with van der Waals surface area (Å²) in [4.78, 5) is 5.84. The Balaban J connectivity index is 0. The molecule has 0 saturated heterocycles. The molecule has 8 heteroatoms. The quantitative estimate of drug-likeness (QED) is 0.149. The van der Waals surface area contributed by atoms with Crippen LogP contribution in [0.25, 0.3) is 0 Å². The van der Waals surface area contributed by atoms with Gasteiger partial charge in [-0.25, -0.2) is 0 Å². The normalized spacial score (nSPS) is 12.3. The summed E-state index contributed by atoms with van der Waals surface area (Å²) in [6, 6.07) is 19.3. The number of hydrogen-bond acceptors (Lipinski definition) is 4. The molecular weight excluding hydrogens is 740 g/mol. The summed E-state index contributed by atoms with van der Waals surface area (Å²) in [5, 5.41) is 0. The first-order chi connectivity index (χ1) is 19.7. The van der Waals surface area contributed by atoms with Crippen LogP contribution in [0.2, 0.25) is 0 Å². The minimum Gasteiger partial charge on any atom is -1.00 e. The van der Waals surface area contributed by atoms with Crippen LogP contribution in [0.5, 0.6) is 0 Å². The number of nitrogens with zero attached hydrogens (tertiary/aromatic N) is 2. The first kappa shape index (κ1) is 46.5. The molecule has 0 aromatic heterocycles. The number of aryl methyl sites for hydroxylation is 6. The van der Waals surface area contributed by atoms with Crippen molar-refractivity contribution in [3.8, 4) is 0 Å². The molecule has 0 spiro atoms. The predicted molar refractivity (Wildman–Crippen MR) is 199 cm³/mol. The molecule has 4 rings (SSSR count). The van der Waals surface area contributed by atoms with Gasteiger partial charge < -0.3 is 34.6 Å². The first-order valence-electron chi connectivity index (χ1n) is 15.1. The minimum atomic E-state index is -0.0368. The van der Waals surface area contributed by atoms with E-state index in [-0.39, 0.29) is 57.7 Å². The summed E-state index contributed by atoms with van der Waals surface area (Å²) < 4.78 is 0. The number of thiol groups is 1. The number of rotatable bonds is 6. The number of thioether (sulfide) groups is 1. The Morgan fingerprint density at radius 2 is 0.933 bits per heavy atom. The van der Waals surface area contributed by atoms with E-state index in [1.54, 1.807) is 11.8 Å². The Morgan fingerprint density at radius 3 is 1.16 bits per heavy atom. The zero-order valence-electron chi connectivity index (χ0n) is 29.5. The van der Waals surface area contributed by atoms with Crippen LogP contribution in [0.3, 0.4) is 0 Å². The number of benzene rings is 3. The molecule has 0 saturated carbocycles. The van der Waals surface area contributed by atoms with Gasteiger partial charge in [-0.15, -0.1) is 24.4 Å². The van der Waals surface area contributed by atoms with Gasteiger partial charge in [-0.05, 0) is 99.2 Å². The molecule has 248 valence electrons. The molecule has 0 radical (unpaired) electrons. The molecule has 0 unspecified atom stereocenters. The standard InChI is InChI=1S/C21H26N2S.C9H21P.C7H8S.2ClH.Ru/c1-13-9-15(3)19(16(4)10-13)22-7-8-23(21(22)24)20-17(5)11-14(2)12-18(20)6;1-7(2)10(8(3)4)9(5)6;1-8-7-5-3-2-4-6-7;;;/h7-12,21,24H,1-6H3;7-9H,1-6H3;2-6H,1H3;2*1H;/q;;;;;+6/p-2. The third-order valence-corrected chi connectivity index (χ3v) is 12.3. The summed E-state index contributed by atoms with van der Waals surface area (Å²) in [6.07, 6.45) is 6.36. The molecule has 0 amide bonds. The van der Waals surface area contributed by atoms with Crippen molar-refractivity contribution in [1.82, 2.24) is 0 Å². The van der Waals surface area contributed by atoms with Crippen molar-refractivity contribution in [2.75, 3.05) is 16.1 Å².